The first-order valence-corrected chi connectivity index (χ1v) is 12.9. The lowest BCUT2D eigenvalue weighted by Gasteiger charge is -2.26. The molecule has 0 aliphatic carbocycles. The van der Waals surface area contributed by atoms with Crippen molar-refractivity contribution >= 4 is 17.4 Å². The van der Waals surface area contributed by atoms with Crippen LogP contribution in [0.25, 0.3) is 5.76 Å². The molecule has 1 fully saturated rings. The minimum atomic E-state index is -0.803. The summed E-state index contributed by atoms with van der Waals surface area (Å²) in [6.45, 7) is 7.37. The number of ketones is 1. The molecule has 1 saturated heterocycles. The third kappa shape index (κ3) is 5.44. The molecule has 0 saturated carbocycles. The highest BCUT2D eigenvalue weighted by molar-refractivity contribution is 6.46. The number of likely N-dealkylation sites (tertiary alicyclic amines) is 1. The van der Waals surface area contributed by atoms with E-state index in [9.17, 15) is 14.7 Å². The van der Waals surface area contributed by atoms with E-state index in [0.29, 0.717) is 42.3 Å². The lowest BCUT2D eigenvalue weighted by Crippen LogP contribution is -2.32. The number of carbonyl (C=O) groups is 2. The molecule has 2 unspecified atom stereocenters. The summed E-state index contributed by atoms with van der Waals surface area (Å²) >= 11 is 0. The molecule has 0 aromatic heterocycles. The summed E-state index contributed by atoms with van der Waals surface area (Å²) in [5, 5.41) is 11.4. The number of benzene rings is 2. The molecule has 1 N–H and O–H groups in total. The van der Waals surface area contributed by atoms with Crippen molar-refractivity contribution < 1.29 is 33.6 Å². The summed E-state index contributed by atoms with van der Waals surface area (Å²) in [5.41, 5.74) is 2.10. The molecule has 2 aromatic carbocycles. The molecule has 2 heterocycles. The SMILES string of the molecule is CCCCOc1ccc(C2/C(=C(\O)c3ccc4c(c3)CC(C)O4)C(=O)C(=O)N2CCOC)cc1OCC. The number of methoxy groups -OCH3 is 1. The van der Waals surface area contributed by atoms with Crippen LogP contribution in [0, 0.1) is 0 Å². The number of rotatable bonds is 11. The van der Waals surface area contributed by atoms with E-state index in [1.807, 2.05) is 26.0 Å². The van der Waals surface area contributed by atoms with Crippen molar-refractivity contribution in [2.24, 2.45) is 0 Å². The normalized spacial score (nSPS) is 20.2. The third-order valence-electron chi connectivity index (χ3n) is 6.58. The second kappa shape index (κ2) is 11.7. The number of Topliss-reactive ketones (excluding diaryl/α,β-unsaturated/α-hetero) is 1. The van der Waals surface area contributed by atoms with Crippen LogP contribution in [0.1, 0.15) is 56.3 Å². The fourth-order valence-electron chi connectivity index (χ4n) is 4.78. The van der Waals surface area contributed by atoms with Crippen LogP contribution in [0.15, 0.2) is 42.0 Å². The number of unbranched alkanes of at least 4 members (excludes halogenated alkanes) is 1. The Morgan fingerprint density at radius 3 is 2.62 bits per heavy atom. The fourth-order valence-corrected chi connectivity index (χ4v) is 4.78. The first kappa shape index (κ1) is 26.5. The maximum absolute atomic E-state index is 13.3. The van der Waals surface area contributed by atoms with E-state index >= 15 is 0 Å². The van der Waals surface area contributed by atoms with Crippen LogP contribution in [-0.2, 0) is 20.7 Å². The van der Waals surface area contributed by atoms with Crippen LogP contribution in [0.5, 0.6) is 17.2 Å². The molecule has 2 aliphatic rings. The number of hydrogen-bond donors (Lipinski definition) is 1. The zero-order chi connectivity index (χ0) is 26.5. The minimum Gasteiger partial charge on any atom is -0.507 e. The summed E-state index contributed by atoms with van der Waals surface area (Å²) < 4.78 is 22.7. The van der Waals surface area contributed by atoms with Gasteiger partial charge in [0.1, 0.15) is 17.6 Å². The van der Waals surface area contributed by atoms with Gasteiger partial charge in [-0.05, 0) is 61.7 Å². The number of fused-ring (bicyclic) bond motifs is 1. The predicted molar refractivity (Wildman–Crippen MR) is 139 cm³/mol. The predicted octanol–water partition coefficient (Wildman–Crippen LogP) is 4.66. The molecule has 2 atom stereocenters. The van der Waals surface area contributed by atoms with Gasteiger partial charge in [-0.1, -0.05) is 19.4 Å². The number of nitrogens with zero attached hydrogens (tertiary/aromatic N) is 1. The van der Waals surface area contributed by atoms with Crippen molar-refractivity contribution in [2.75, 3.05) is 33.5 Å². The Bertz CT molecular complexity index is 1190. The Morgan fingerprint density at radius 1 is 1.08 bits per heavy atom. The topological polar surface area (TPSA) is 94.5 Å². The average molecular weight is 510 g/mol. The minimum absolute atomic E-state index is 0.0371. The van der Waals surface area contributed by atoms with Gasteiger partial charge in [0.05, 0.1) is 31.4 Å². The summed E-state index contributed by atoms with van der Waals surface area (Å²) in [5.74, 6) is 0.263. The average Bonchev–Trinajstić information content (AvgIpc) is 3.38. The maximum Gasteiger partial charge on any atom is 0.295 e. The quantitative estimate of drug-likeness (QED) is 0.204. The molecular formula is C29H35NO7. The van der Waals surface area contributed by atoms with Crippen molar-refractivity contribution in [1.82, 2.24) is 4.90 Å². The van der Waals surface area contributed by atoms with Gasteiger partial charge in [0.2, 0.25) is 0 Å². The lowest BCUT2D eigenvalue weighted by molar-refractivity contribution is -0.140. The molecule has 0 bridgehead atoms. The Balaban J connectivity index is 1.79. The van der Waals surface area contributed by atoms with Crippen LogP contribution in [-0.4, -0.2) is 61.3 Å². The van der Waals surface area contributed by atoms with Crippen molar-refractivity contribution in [3.8, 4) is 17.2 Å². The zero-order valence-corrected chi connectivity index (χ0v) is 21.9. The molecule has 8 nitrogen and oxygen atoms in total. The second-order valence-electron chi connectivity index (χ2n) is 9.28. The maximum atomic E-state index is 13.3. The number of aliphatic hydroxyl groups is 1. The fraction of sp³-hybridized carbons (Fsp3) is 0.448. The van der Waals surface area contributed by atoms with Crippen molar-refractivity contribution in [1.29, 1.82) is 0 Å². The van der Waals surface area contributed by atoms with E-state index in [4.69, 9.17) is 18.9 Å². The van der Waals surface area contributed by atoms with Gasteiger partial charge >= 0.3 is 0 Å². The number of ether oxygens (including phenoxy) is 4. The molecule has 8 heteroatoms. The van der Waals surface area contributed by atoms with Crippen LogP contribution < -0.4 is 14.2 Å². The Morgan fingerprint density at radius 2 is 1.89 bits per heavy atom. The third-order valence-corrected chi connectivity index (χ3v) is 6.58. The lowest BCUT2D eigenvalue weighted by atomic mass is 9.94. The zero-order valence-electron chi connectivity index (χ0n) is 21.9. The highest BCUT2D eigenvalue weighted by Crippen LogP contribution is 2.42. The monoisotopic (exact) mass is 509 g/mol. The molecule has 2 aliphatic heterocycles. The van der Waals surface area contributed by atoms with Crippen LogP contribution in [0.2, 0.25) is 0 Å². The summed E-state index contributed by atoms with van der Waals surface area (Å²) in [6, 6.07) is 9.91. The van der Waals surface area contributed by atoms with Gasteiger partial charge in [0.15, 0.2) is 11.5 Å². The summed E-state index contributed by atoms with van der Waals surface area (Å²) in [7, 11) is 1.54. The van der Waals surface area contributed by atoms with E-state index in [0.717, 1.165) is 24.2 Å². The number of carbonyl (C=O) groups excluding carboxylic acids is 2. The molecule has 0 radical (unpaired) electrons. The number of hydrogen-bond acceptors (Lipinski definition) is 7. The molecular weight excluding hydrogens is 474 g/mol. The van der Waals surface area contributed by atoms with Crippen LogP contribution in [0.3, 0.4) is 0 Å². The van der Waals surface area contributed by atoms with Gasteiger partial charge in [-0.25, -0.2) is 0 Å². The number of aliphatic hydroxyl groups excluding tert-OH is 1. The largest absolute Gasteiger partial charge is 0.507 e. The van der Waals surface area contributed by atoms with Gasteiger partial charge in [-0.3, -0.25) is 9.59 Å². The van der Waals surface area contributed by atoms with E-state index < -0.39 is 17.7 Å². The molecule has 1 amide bonds. The van der Waals surface area contributed by atoms with Crippen molar-refractivity contribution in [3.05, 3.63) is 58.7 Å². The van der Waals surface area contributed by atoms with Gasteiger partial charge in [0, 0.05) is 25.6 Å². The van der Waals surface area contributed by atoms with Gasteiger partial charge in [-0.2, -0.15) is 0 Å². The second-order valence-corrected chi connectivity index (χ2v) is 9.28. The highest BCUT2D eigenvalue weighted by atomic mass is 16.5. The molecule has 37 heavy (non-hydrogen) atoms. The Hall–Kier alpha value is -3.52. The van der Waals surface area contributed by atoms with E-state index in [1.54, 1.807) is 24.3 Å². The molecule has 2 aromatic rings. The Labute approximate surface area is 217 Å². The number of amides is 1. The standard InChI is InChI=1S/C29H35NO7/c1-5-7-13-36-23-11-8-19(17-24(23)35-6-2)26-25(28(32)29(33)30(26)12-14-34-4)27(31)20-9-10-22-21(16-20)15-18(3)37-22/h8-11,16-18,26,31H,5-7,12-15H2,1-4H3/b27-25+. The van der Waals surface area contributed by atoms with Crippen LogP contribution in [0.4, 0.5) is 0 Å². The van der Waals surface area contributed by atoms with Crippen molar-refractivity contribution in [3.63, 3.8) is 0 Å². The van der Waals surface area contributed by atoms with E-state index in [1.165, 1.54) is 12.0 Å². The van der Waals surface area contributed by atoms with Crippen molar-refractivity contribution in [2.45, 2.75) is 52.2 Å². The van der Waals surface area contributed by atoms with E-state index in [-0.39, 0.29) is 30.6 Å². The Kier molecular flexibility index (Phi) is 8.38. The first-order valence-electron chi connectivity index (χ1n) is 12.9. The van der Waals surface area contributed by atoms with Gasteiger partial charge < -0.3 is 29.0 Å². The highest BCUT2D eigenvalue weighted by Gasteiger charge is 2.46. The summed E-state index contributed by atoms with van der Waals surface area (Å²) in [6.07, 6.45) is 2.67. The smallest absolute Gasteiger partial charge is 0.295 e. The van der Waals surface area contributed by atoms with E-state index in [2.05, 4.69) is 6.92 Å². The molecule has 198 valence electrons. The van der Waals surface area contributed by atoms with Gasteiger partial charge in [0.25, 0.3) is 11.7 Å². The van der Waals surface area contributed by atoms with Gasteiger partial charge in [-0.15, -0.1) is 0 Å². The summed E-state index contributed by atoms with van der Waals surface area (Å²) in [4.78, 5) is 27.9. The molecule has 0 spiro atoms. The van der Waals surface area contributed by atoms with Crippen LogP contribution >= 0.6 is 0 Å². The first-order chi connectivity index (χ1) is 17.9. The molecule has 4 rings (SSSR count).